The van der Waals surface area contributed by atoms with Gasteiger partial charge in [-0.05, 0) is 44.6 Å². The van der Waals surface area contributed by atoms with E-state index in [4.69, 9.17) is 24.4 Å². The van der Waals surface area contributed by atoms with Gasteiger partial charge in [0, 0.05) is 39.6 Å². The van der Waals surface area contributed by atoms with Crippen LogP contribution in [0.5, 0.6) is 0 Å². The predicted molar refractivity (Wildman–Crippen MR) is 151 cm³/mol. The number of morpholine rings is 1. The van der Waals surface area contributed by atoms with Gasteiger partial charge in [0.25, 0.3) is 0 Å². The first-order valence-corrected chi connectivity index (χ1v) is 13.6. The van der Waals surface area contributed by atoms with Gasteiger partial charge in [0.05, 0.1) is 24.2 Å². The summed E-state index contributed by atoms with van der Waals surface area (Å²) in [4.78, 5) is 33.6. The van der Waals surface area contributed by atoms with E-state index in [0.29, 0.717) is 32.3 Å². The summed E-state index contributed by atoms with van der Waals surface area (Å²) in [6.45, 7) is 11.7. The molecule has 0 saturated carbocycles. The largest absolute Gasteiger partial charge is 0.444 e. The number of nitrogens with one attached hydrogen (secondary N) is 1. The van der Waals surface area contributed by atoms with Gasteiger partial charge in [0.15, 0.2) is 11.6 Å². The Balaban J connectivity index is 1.33. The molecule has 3 aliphatic rings. The molecule has 0 radical (unpaired) electrons. The number of ether oxygens (including phenoxy) is 2. The molecule has 0 aliphatic carbocycles. The third-order valence-electron chi connectivity index (χ3n) is 7.19. The molecule has 206 valence electrons. The topological polar surface area (TPSA) is 101 Å². The summed E-state index contributed by atoms with van der Waals surface area (Å²) in [5.74, 6) is 3.25. The van der Waals surface area contributed by atoms with Gasteiger partial charge in [-0.3, -0.25) is 4.57 Å². The maximum atomic E-state index is 12.4. The normalized spacial score (nSPS) is 19.2. The van der Waals surface area contributed by atoms with Crippen LogP contribution in [0.1, 0.15) is 33.5 Å². The van der Waals surface area contributed by atoms with Gasteiger partial charge in [-0.15, -0.1) is 0 Å². The number of anilines is 3. The van der Waals surface area contributed by atoms with Crippen LogP contribution in [0.3, 0.4) is 0 Å². The maximum Gasteiger partial charge on any atom is 0.410 e. The number of fused-ring (bicyclic) bond motifs is 2. The van der Waals surface area contributed by atoms with E-state index in [-0.39, 0.29) is 12.3 Å². The average Bonchev–Trinajstić information content (AvgIpc) is 3.42. The fourth-order valence-corrected chi connectivity index (χ4v) is 5.21. The van der Waals surface area contributed by atoms with E-state index in [0.717, 1.165) is 53.7 Å². The number of hydrogen-bond donors (Lipinski definition) is 1. The van der Waals surface area contributed by atoms with E-state index < -0.39 is 5.60 Å². The molecule has 2 saturated heterocycles. The molecule has 1 amide bonds. The number of likely N-dealkylation sites (tertiary alicyclic amines) is 1. The van der Waals surface area contributed by atoms with Crippen LogP contribution in [-0.4, -0.2) is 88.7 Å². The van der Waals surface area contributed by atoms with E-state index in [2.05, 4.69) is 38.7 Å². The van der Waals surface area contributed by atoms with Gasteiger partial charge in [0.1, 0.15) is 23.3 Å². The van der Waals surface area contributed by atoms with Crippen molar-refractivity contribution in [1.82, 2.24) is 24.4 Å². The van der Waals surface area contributed by atoms with Crippen LogP contribution < -0.4 is 15.1 Å². The lowest BCUT2D eigenvalue weighted by atomic mass is 10.1. The maximum absolute atomic E-state index is 12.4. The van der Waals surface area contributed by atoms with Gasteiger partial charge >= 0.3 is 6.09 Å². The van der Waals surface area contributed by atoms with Crippen molar-refractivity contribution in [3.05, 3.63) is 41.7 Å². The number of benzene rings is 1. The molecule has 0 spiro atoms. The molecule has 11 nitrogen and oxygen atoms in total. The van der Waals surface area contributed by atoms with E-state index in [1.807, 2.05) is 46.0 Å². The first kappa shape index (κ1) is 25.4. The van der Waals surface area contributed by atoms with E-state index >= 15 is 0 Å². The Morgan fingerprint density at radius 3 is 2.56 bits per heavy atom. The monoisotopic (exact) mass is 532 g/mol. The molecule has 5 heterocycles. The van der Waals surface area contributed by atoms with E-state index in [1.165, 1.54) is 5.57 Å². The summed E-state index contributed by atoms with van der Waals surface area (Å²) >= 11 is 0. The molecule has 3 aliphatic heterocycles. The summed E-state index contributed by atoms with van der Waals surface area (Å²) in [6, 6.07) is 8.11. The van der Waals surface area contributed by atoms with Crippen LogP contribution in [0.25, 0.3) is 17.0 Å². The van der Waals surface area contributed by atoms with Crippen molar-refractivity contribution >= 4 is 34.4 Å². The lowest BCUT2D eigenvalue weighted by molar-refractivity contribution is 0.0213. The van der Waals surface area contributed by atoms with Crippen LogP contribution in [0.15, 0.2) is 35.9 Å². The van der Waals surface area contributed by atoms with Crippen LogP contribution >= 0.6 is 0 Å². The first-order chi connectivity index (χ1) is 18.7. The molecule has 2 aromatic heterocycles. The molecule has 1 unspecified atom stereocenters. The van der Waals surface area contributed by atoms with Crippen molar-refractivity contribution in [2.75, 3.05) is 61.6 Å². The quantitative estimate of drug-likeness (QED) is 0.505. The molecule has 2 fully saturated rings. The highest BCUT2D eigenvalue weighted by molar-refractivity contribution is 5.85. The molecule has 3 aromatic rings. The van der Waals surface area contributed by atoms with Crippen molar-refractivity contribution in [1.29, 1.82) is 0 Å². The van der Waals surface area contributed by atoms with Gasteiger partial charge in [-0.25, -0.2) is 9.78 Å². The smallest absolute Gasteiger partial charge is 0.410 e. The SMILES string of the molecule is CCc1nc2ccccc2n1-c1nc(N2CCOCC2)c2c(n1)N(C)C(C=C1CN(C(=O)OC(C)(C)C)C1)N2. The predicted octanol–water partition coefficient (Wildman–Crippen LogP) is 3.58. The number of hydrogen-bond acceptors (Lipinski definition) is 9. The van der Waals surface area contributed by atoms with Crippen LogP contribution in [0.2, 0.25) is 0 Å². The molecule has 6 rings (SSSR count). The summed E-state index contributed by atoms with van der Waals surface area (Å²) in [7, 11) is 2.04. The summed E-state index contributed by atoms with van der Waals surface area (Å²) in [5, 5.41) is 3.65. The Hall–Kier alpha value is -3.86. The zero-order valence-electron chi connectivity index (χ0n) is 23.3. The highest BCUT2D eigenvalue weighted by atomic mass is 16.6. The van der Waals surface area contributed by atoms with Gasteiger partial charge in [0.2, 0.25) is 5.95 Å². The van der Waals surface area contributed by atoms with Crippen LogP contribution in [-0.2, 0) is 15.9 Å². The number of para-hydroxylation sites is 2. The second-order valence-corrected chi connectivity index (χ2v) is 11.2. The average molecular weight is 533 g/mol. The van der Waals surface area contributed by atoms with Crippen molar-refractivity contribution in [2.24, 2.45) is 0 Å². The standard InChI is InChI=1S/C28H36N8O3/c1-6-21-29-19-9-7-8-10-20(19)36(21)26-31-24-23(25(32-26)34-11-13-38-14-12-34)30-22(33(24)5)15-18-16-35(17-18)27(37)39-28(2,3)4/h7-10,15,22,30H,6,11-14,16-17H2,1-5H3. The number of carbonyl (C=O) groups is 1. The van der Waals surface area contributed by atoms with Gasteiger partial charge in [-0.2, -0.15) is 9.97 Å². The molecule has 1 atom stereocenters. The minimum absolute atomic E-state index is 0.106. The highest BCUT2D eigenvalue weighted by Gasteiger charge is 2.35. The van der Waals surface area contributed by atoms with Gasteiger partial charge < -0.3 is 29.5 Å². The molecule has 39 heavy (non-hydrogen) atoms. The molecular weight excluding hydrogens is 496 g/mol. The zero-order valence-corrected chi connectivity index (χ0v) is 23.3. The van der Waals surface area contributed by atoms with Crippen LogP contribution in [0, 0.1) is 0 Å². The van der Waals surface area contributed by atoms with E-state index in [1.54, 1.807) is 4.90 Å². The van der Waals surface area contributed by atoms with Crippen molar-refractivity contribution in [2.45, 2.75) is 45.9 Å². The molecule has 11 heteroatoms. The number of carbonyl (C=O) groups excluding carboxylic acids is 1. The second kappa shape index (κ2) is 9.71. The number of imidazole rings is 1. The summed E-state index contributed by atoms with van der Waals surface area (Å²) < 4.78 is 13.2. The fourth-order valence-electron chi connectivity index (χ4n) is 5.21. The number of aryl methyl sites for hydroxylation is 1. The molecule has 0 bridgehead atoms. The second-order valence-electron chi connectivity index (χ2n) is 11.2. The number of aromatic nitrogens is 4. The highest BCUT2D eigenvalue weighted by Crippen LogP contribution is 2.41. The lowest BCUT2D eigenvalue weighted by Gasteiger charge is -2.36. The number of amides is 1. The summed E-state index contributed by atoms with van der Waals surface area (Å²) in [5.41, 5.74) is 3.51. The Kier molecular flexibility index (Phi) is 6.33. The molecular formula is C28H36N8O3. The minimum atomic E-state index is -0.504. The first-order valence-electron chi connectivity index (χ1n) is 13.6. The van der Waals surface area contributed by atoms with Crippen LogP contribution in [0.4, 0.5) is 22.1 Å². The Labute approximate surface area is 228 Å². The zero-order chi connectivity index (χ0) is 27.3. The fraction of sp³-hybridized carbons (Fsp3) is 0.500. The number of nitrogens with zero attached hydrogens (tertiary/aromatic N) is 7. The third-order valence-corrected chi connectivity index (χ3v) is 7.19. The molecule has 1 aromatic carbocycles. The minimum Gasteiger partial charge on any atom is -0.444 e. The lowest BCUT2D eigenvalue weighted by Crippen LogP contribution is -2.47. The van der Waals surface area contributed by atoms with Crippen molar-refractivity contribution in [3.8, 4) is 5.95 Å². The Bertz CT molecular complexity index is 1430. The van der Waals surface area contributed by atoms with Gasteiger partial charge in [-0.1, -0.05) is 19.1 Å². The van der Waals surface area contributed by atoms with Crippen molar-refractivity contribution < 1.29 is 14.3 Å². The summed E-state index contributed by atoms with van der Waals surface area (Å²) in [6.07, 6.45) is 2.55. The number of rotatable bonds is 4. The Morgan fingerprint density at radius 1 is 1.13 bits per heavy atom. The van der Waals surface area contributed by atoms with Crippen molar-refractivity contribution in [3.63, 3.8) is 0 Å². The molecule has 1 N–H and O–H groups in total. The van der Waals surface area contributed by atoms with E-state index in [9.17, 15) is 4.79 Å². The third kappa shape index (κ3) is 4.75. The Morgan fingerprint density at radius 2 is 1.85 bits per heavy atom. The number of likely N-dealkylation sites (N-methyl/N-ethyl adjacent to an activating group) is 1.